The monoisotopic (exact) mass is 702 g/mol. The van der Waals surface area contributed by atoms with Crippen molar-refractivity contribution in [3.8, 4) is 0 Å². The first-order valence-electron chi connectivity index (χ1n) is 18.4. The number of aliphatic hydroxyl groups excluding tert-OH is 2. The quantitative estimate of drug-likeness (QED) is 0.0257. The van der Waals surface area contributed by atoms with Crippen LogP contribution in [0.15, 0.2) is 36.5 Å². The molecule has 280 valence electrons. The van der Waals surface area contributed by atoms with Crippen LogP contribution in [-0.2, 0) is 32.7 Å². The molecule has 0 aliphatic rings. The number of ether oxygens (including phenoxy) is 2. The SMILES string of the molecule is CCCCC/C=C\C/C=C\C/C=C\CCCCC(=O)OC[C@H](COP(=O)(O)OC[C@@H](O)CO)OC(=O)CCCCCCCCCCCC. The van der Waals surface area contributed by atoms with Crippen LogP contribution in [0.3, 0.4) is 0 Å². The number of hydrogen-bond acceptors (Lipinski definition) is 9. The Hall–Kier alpha value is -1.81. The number of carbonyl (C=O) groups is 2. The zero-order valence-corrected chi connectivity index (χ0v) is 30.8. The number of hydrogen-bond donors (Lipinski definition) is 3. The van der Waals surface area contributed by atoms with E-state index in [0.29, 0.717) is 12.8 Å². The molecule has 11 heteroatoms. The van der Waals surface area contributed by atoms with Gasteiger partial charge < -0.3 is 24.6 Å². The van der Waals surface area contributed by atoms with Gasteiger partial charge in [-0.3, -0.25) is 18.6 Å². The number of phosphoric ester groups is 1. The van der Waals surface area contributed by atoms with Crippen LogP contribution < -0.4 is 0 Å². The Bertz CT molecular complexity index is 905. The van der Waals surface area contributed by atoms with Gasteiger partial charge in [-0.2, -0.15) is 0 Å². The van der Waals surface area contributed by atoms with E-state index in [-0.39, 0.29) is 19.4 Å². The highest BCUT2D eigenvalue weighted by Gasteiger charge is 2.27. The lowest BCUT2D eigenvalue weighted by Crippen LogP contribution is -2.29. The number of unbranched alkanes of at least 4 members (excludes halogenated alkanes) is 14. The molecule has 0 bridgehead atoms. The topological polar surface area (TPSA) is 149 Å². The smallest absolute Gasteiger partial charge is 0.462 e. The van der Waals surface area contributed by atoms with Crippen molar-refractivity contribution in [2.45, 2.75) is 161 Å². The normalized spacial score (nSPS) is 14.5. The molecule has 0 saturated heterocycles. The third-order valence-corrected chi connectivity index (χ3v) is 8.50. The maximum Gasteiger partial charge on any atom is 0.472 e. The molecule has 48 heavy (non-hydrogen) atoms. The summed E-state index contributed by atoms with van der Waals surface area (Å²) in [5.41, 5.74) is 0. The van der Waals surface area contributed by atoms with Crippen LogP contribution in [0.25, 0.3) is 0 Å². The number of esters is 2. The van der Waals surface area contributed by atoms with E-state index in [1.54, 1.807) is 0 Å². The van der Waals surface area contributed by atoms with E-state index < -0.39 is 51.8 Å². The number of carbonyl (C=O) groups excluding carboxylic acids is 2. The molecule has 0 aromatic heterocycles. The standard InChI is InChI=1S/C37H67O10P/c1-3-5-7-9-11-13-15-16-17-18-19-21-22-24-26-28-36(40)44-32-35(33-46-48(42,43)45-31-34(39)30-38)47-37(41)29-27-25-23-20-14-12-10-8-6-4-2/h11,13,16-17,19,21,34-35,38-39H,3-10,12,14-15,18,20,22-33H2,1-2H3,(H,42,43)/b13-11-,17-16-,21-19-/t34-,35+/m0/s1. The molecule has 0 heterocycles. The van der Waals surface area contributed by atoms with Gasteiger partial charge in [-0.1, -0.05) is 121 Å². The van der Waals surface area contributed by atoms with Gasteiger partial charge in [0.1, 0.15) is 12.7 Å². The Labute approximate surface area is 291 Å². The number of allylic oxidation sites excluding steroid dienone is 6. The van der Waals surface area contributed by atoms with Crippen LogP contribution >= 0.6 is 7.82 Å². The Kier molecular flexibility index (Phi) is 32.4. The molecule has 3 atom stereocenters. The number of aliphatic hydroxyl groups is 2. The van der Waals surface area contributed by atoms with E-state index in [4.69, 9.17) is 19.1 Å². The summed E-state index contributed by atoms with van der Waals surface area (Å²) in [6.45, 7) is 2.26. The van der Waals surface area contributed by atoms with Crippen molar-refractivity contribution in [3.63, 3.8) is 0 Å². The molecule has 0 amide bonds. The third-order valence-electron chi connectivity index (χ3n) is 7.55. The van der Waals surface area contributed by atoms with Crippen LogP contribution in [0.2, 0.25) is 0 Å². The molecule has 0 aliphatic carbocycles. The van der Waals surface area contributed by atoms with Crippen molar-refractivity contribution in [3.05, 3.63) is 36.5 Å². The molecule has 1 unspecified atom stereocenters. The Balaban J connectivity index is 4.45. The molecule has 0 fully saturated rings. The van der Waals surface area contributed by atoms with Gasteiger partial charge in [0.2, 0.25) is 0 Å². The van der Waals surface area contributed by atoms with Crippen LogP contribution in [-0.4, -0.2) is 65.7 Å². The summed E-state index contributed by atoms with van der Waals surface area (Å²) in [4.78, 5) is 34.7. The summed E-state index contributed by atoms with van der Waals surface area (Å²) in [6, 6.07) is 0. The van der Waals surface area contributed by atoms with E-state index in [1.165, 1.54) is 57.8 Å². The first kappa shape index (κ1) is 46.2. The summed E-state index contributed by atoms with van der Waals surface area (Å²) in [5, 5.41) is 18.2. The van der Waals surface area contributed by atoms with Crippen molar-refractivity contribution in [1.82, 2.24) is 0 Å². The van der Waals surface area contributed by atoms with E-state index in [0.717, 1.165) is 51.4 Å². The fourth-order valence-electron chi connectivity index (χ4n) is 4.64. The molecule has 0 spiro atoms. The first-order chi connectivity index (χ1) is 23.2. The number of rotatable bonds is 34. The summed E-state index contributed by atoms with van der Waals surface area (Å²) < 4.78 is 32.5. The van der Waals surface area contributed by atoms with Gasteiger partial charge in [0.25, 0.3) is 0 Å². The predicted octanol–water partition coefficient (Wildman–Crippen LogP) is 8.83. The predicted molar refractivity (Wildman–Crippen MR) is 191 cm³/mol. The van der Waals surface area contributed by atoms with Gasteiger partial charge in [-0.05, 0) is 51.4 Å². The summed E-state index contributed by atoms with van der Waals surface area (Å²) in [6.07, 6.45) is 31.2. The highest BCUT2D eigenvalue weighted by molar-refractivity contribution is 7.47. The third kappa shape index (κ3) is 32.7. The van der Waals surface area contributed by atoms with E-state index in [2.05, 4.69) is 54.8 Å². The largest absolute Gasteiger partial charge is 0.472 e. The van der Waals surface area contributed by atoms with Gasteiger partial charge >= 0.3 is 19.8 Å². The Morgan fingerprint density at radius 2 is 1.08 bits per heavy atom. The van der Waals surface area contributed by atoms with Crippen LogP contribution in [0.4, 0.5) is 0 Å². The molecule has 0 aromatic rings. The summed E-state index contributed by atoms with van der Waals surface area (Å²) in [7, 11) is -4.61. The van der Waals surface area contributed by atoms with E-state index in [9.17, 15) is 24.2 Å². The van der Waals surface area contributed by atoms with Gasteiger partial charge in [-0.15, -0.1) is 0 Å². The second-order valence-electron chi connectivity index (χ2n) is 12.3. The molecule has 10 nitrogen and oxygen atoms in total. The van der Waals surface area contributed by atoms with Crippen LogP contribution in [0.1, 0.15) is 149 Å². The minimum Gasteiger partial charge on any atom is -0.462 e. The van der Waals surface area contributed by atoms with Crippen molar-refractivity contribution >= 4 is 19.8 Å². The van der Waals surface area contributed by atoms with Crippen molar-refractivity contribution in [2.75, 3.05) is 26.4 Å². The second-order valence-corrected chi connectivity index (χ2v) is 13.7. The highest BCUT2D eigenvalue weighted by Crippen LogP contribution is 2.43. The van der Waals surface area contributed by atoms with Gasteiger partial charge in [0.05, 0.1) is 19.8 Å². The Morgan fingerprint density at radius 3 is 1.67 bits per heavy atom. The molecule has 3 N–H and O–H groups in total. The second kappa shape index (κ2) is 33.7. The lowest BCUT2D eigenvalue weighted by molar-refractivity contribution is -0.161. The molecular weight excluding hydrogens is 635 g/mol. The molecular formula is C37H67O10P. The molecule has 0 saturated carbocycles. The minimum absolute atomic E-state index is 0.177. The lowest BCUT2D eigenvalue weighted by atomic mass is 10.1. The molecule has 0 rings (SSSR count). The summed E-state index contributed by atoms with van der Waals surface area (Å²) in [5.74, 6) is -0.973. The fourth-order valence-corrected chi connectivity index (χ4v) is 5.43. The van der Waals surface area contributed by atoms with E-state index in [1.807, 2.05) is 0 Å². The number of phosphoric acid groups is 1. The summed E-state index contributed by atoms with van der Waals surface area (Å²) >= 11 is 0. The zero-order valence-electron chi connectivity index (χ0n) is 29.9. The first-order valence-corrected chi connectivity index (χ1v) is 19.9. The van der Waals surface area contributed by atoms with Crippen LogP contribution in [0.5, 0.6) is 0 Å². The lowest BCUT2D eigenvalue weighted by Gasteiger charge is -2.20. The van der Waals surface area contributed by atoms with Gasteiger partial charge in [0.15, 0.2) is 6.10 Å². The van der Waals surface area contributed by atoms with Crippen LogP contribution in [0, 0.1) is 0 Å². The van der Waals surface area contributed by atoms with Crippen molar-refractivity contribution < 1.29 is 47.8 Å². The molecule has 0 aliphatic heterocycles. The fraction of sp³-hybridized carbons (Fsp3) is 0.784. The van der Waals surface area contributed by atoms with Gasteiger partial charge in [-0.25, -0.2) is 4.57 Å². The van der Waals surface area contributed by atoms with Gasteiger partial charge in [0, 0.05) is 12.8 Å². The zero-order chi connectivity index (χ0) is 35.6. The molecule has 0 radical (unpaired) electrons. The Morgan fingerprint density at radius 1 is 0.625 bits per heavy atom. The maximum absolute atomic E-state index is 12.5. The van der Waals surface area contributed by atoms with Crippen molar-refractivity contribution in [1.29, 1.82) is 0 Å². The van der Waals surface area contributed by atoms with Crippen molar-refractivity contribution in [2.24, 2.45) is 0 Å². The van der Waals surface area contributed by atoms with E-state index >= 15 is 0 Å². The average Bonchev–Trinajstić information content (AvgIpc) is 3.07. The maximum atomic E-state index is 12.5. The highest BCUT2D eigenvalue weighted by atomic mass is 31.2. The minimum atomic E-state index is -4.61. The average molecular weight is 703 g/mol. The molecule has 0 aromatic carbocycles.